The van der Waals surface area contributed by atoms with Crippen LogP contribution >= 0.6 is 0 Å². The molecule has 2 aromatic heterocycles. The third-order valence-corrected chi connectivity index (χ3v) is 4.78. The molecule has 0 saturated carbocycles. The van der Waals surface area contributed by atoms with Crippen molar-refractivity contribution in [3.05, 3.63) is 45.9 Å². The SMILES string of the molecule is Cc1c(C2CCCN(C)C2)[nH]n(-c2nc3ccccc3[nH]2)c1=O. The van der Waals surface area contributed by atoms with Gasteiger partial charge in [0.15, 0.2) is 0 Å². The second kappa shape index (κ2) is 5.38. The van der Waals surface area contributed by atoms with Crippen molar-refractivity contribution in [2.24, 2.45) is 0 Å². The first-order chi connectivity index (χ1) is 11.1. The number of fused-ring (bicyclic) bond motifs is 1. The summed E-state index contributed by atoms with van der Waals surface area (Å²) in [4.78, 5) is 22.7. The van der Waals surface area contributed by atoms with Crippen molar-refractivity contribution in [3.63, 3.8) is 0 Å². The number of likely N-dealkylation sites (tertiary alicyclic amines) is 1. The lowest BCUT2D eigenvalue weighted by atomic mass is 9.93. The topological polar surface area (TPSA) is 69.7 Å². The molecular weight excluding hydrogens is 290 g/mol. The Bertz CT molecular complexity index is 870. The van der Waals surface area contributed by atoms with E-state index >= 15 is 0 Å². The summed E-state index contributed by atoms with van der Waals surface area (Å²) >= 11 is 0. The third kappa shape index (κ3) is 2.39. The van der Waals surface area contributed by atoms with Crippen molar-refractivity contribution in [1.82, 2.24) is 24.6 Å². The number of aromatic nitrogens is 4. The Labute approximate surface area is 134 Å². The molecule has 1 aromatic carbocycles. The number of nitrogens with zero attached hydrogens (tertiary/aromatic N) is 3. The molecule has 6 heteroatoms. The van der Waals surface area contributed by atoms with E-state index in [0.29, 0.717) is 11.9 Å². The molecule has 23 heavy (non-hydrogen) atoms. The zero-order chi connectivity index (χ0) is 16.0. The summed E-state index contributed by atoms with van der Waals surface area (Å²) in [6.07, 6.45) is 2.28. The fraction of sp³-hybridized carbons (Fsp3) is 0.412. The number of benzene rings is 1. The molecular formula is C17H21N5O. The third-order valence-electron chi connectivity index (χ3n) is 4.78. The maximum atomic E-state index is 12.6. The van der Waals surface area contributed by atoms with E-state index in [2.05, 4.69) is 27.0 Å². The molecule has 2 N–H and O–H groups in total. The molecule has 1 atom stereocenters. The van der Waals surface area contributed by atoms with Gasteiger partial charge in [0.2, 0.25) is 5.95 Å². The number of nitrogens with one attached hydrogen (secondary N) is 2. The van der Waals surface area contributed by atoms with Crippen LogP contribution in [-0.4, -0.2) is 44.8 Å². The molecule has 1 fully saturated rings. The normalized spacial score (nSPS) is 19.5. The van der Waals surface area contributed by atoms with Crippen LogP contribution in [0.4, 0.5) is 0 Å². The Kier molecular flexibility index (Phi) is 3.34. The van der Waals surface area contributed by atoms with E-state index in [1.54, 1.807) is 4.68 Å². The minimum atomic E-state index is -0.0210. The van der Waals surface area contributed by atoms with Gasteiger partial charge in [-0.25, -0.2) is 4.98 Å². The first-order valence-electron chi connectivity index (χ1n) is 8.08. The second-order valence-electron chi connectivity index (χ2n) is 6.47. The highest BCUT2D eigenvalue weighted by atomic mass is 16.1. The maximum Gasteiger partial charge on any atom is 0.277 e. The Morgan fingerprint density at radius 2 is 2.13 bits per heavy atom. The van der Waals surface area contributed by atoms with Crippen molar-refractivity contribution < 1.29 is 0 Å². The van der Waals surface area contributed by atoms with E-state index in [0.717, 1.165) is 41.8 Å². The minimum Gasteiger partial charge on any atom is -0.322 e. The summed E-state index contributed by atoms with van der Waals surface area (Å²) in [5, 5.41) is 3.30. The molecule has 120 valence electrons. The zero-order valence-corrected chi connectivity index (χ0v) is 13.5. The predicted octanol–water partition coefficient (Wildman–Crippen LogP) is 2.16. The predicted molar refractivity (Wildman–Crippen MR) is 90.3 cm³/mol. The highest BCUT2D eigenvalue weighted by Crippen LogP contribution is 2.26. The molecule has 4 rings (SSSR count). The molecule has 1 aliphatic heterocycles. The number of aromatic amines is 2. The van der Waals surface area contributed by atoms with E-state index in [-0.39, 0.29) is 5.56 Å². The van der Waals surface area contributed by atoms with Crippen LogP contribution in [0.2, 0.25) is 0 Å². The van der Waals surface area contributed by atoms with Crippen LogP contribution in [-0.2, 0) is 0 Å². The number of H-pyrrole nitrogens is 2. The van der Waals surface area contributed by atoms with Gasteiger partial charge in [0.25, 0.3) is 5.56 Å². The Balaban J connectivity index is 1.77. The van der Waals surface area contributed by atoms with Gasteiger partial charge < -0.3 is 9.88 Å². The smallest absolute Gasteiger partial charge is 0.277 e. The van der Waals surface area contributed by atoms with Crippen molar-refractivity contribution in [2.75, 3.05) is 20.1 Å². The molecule has 1 unspecified atom stereocenters. The van der Waals surface area contributed by atoms with Gasteiger partial charge in [0.1, 0.15) is 0 Å². The first-order valence-corrected chi connectivity index (χ1v) is 8.08. The molecule has 0 aliphatic carbocycles. The Morgan fingerprint density at radius 3 is 2.91 bits per heavy atom. The summed E-state index contributed by atoms with van der Waals surface area (Å²) < 4.78 is 1.54. The number of piperidine rings is 1. The summed E-state index contributed by atoms with van der Waals surface area (Å²) in [5.74, 6) is 0.932. The average Bonchev–Trinajstić information content (AvgIpc) is 3.09. The standard InChI is InChI=1S/C17H21N5O/c1-11-15(12-6-5-9-21(2)10-12)20-22(16(11)23)17-18-13-7-3-4-8-14(13)19-17/h3-4,7-8,12,20H,5-6,9-10H2,1-2H3,(H,18,19). The molecule has 3 aromatic rings. The van der Waals surface area contributed by atoms with Crippen LogP contribution in [0.5, 0.6) is 0 Å². The fourth-order valence-corrected chi connectivity index (χ4v) is 3.53. The van der Waals surface area contributed by atoms with Gasteiger partial charge in [-0.05, 0) is 45.5 Å². The second-order valence-corrected chi connectivity index (χ2v) is 6.47. The number of hydrogen-bond donors (Lipinski definition) is 2. The van der Waals surface area contributed by atoms with Gasteiger partial charge in [0.05, 0.1) is 11.0 Å². The average molecular weight is 311 g/mol. The Hall–Kier alpha value is -2.34. The molecule has 6 nitrogen and oxygen atoms in total. The highest BCUT2D eigenvalue weighted by molar-refractivity contribution is 5.75. The van der Waals surface area contributed by atoms with Crippen LogP contribution in [0.25, 0.3) is 17.0 Å². The van der Waals surface area contributed by atoms with Crippen LogP contribution in [0.3, 0.4) is 0 Å². The summed E-state index contributed by atoms with van der Waals surface area (Å²) in [7, 11) is 2.13. The number of hydrogen-bond acceptors (Lipinski definition) is 3. The van der Waals surface area contributed by atoms with E-state index < -0.39 is 0 Å². The lowest BCUT2D eigenvalue weighted by molar-refractivity contribution is 0.248. The molecule has 0 amide bonds. The summed E-state index contributed by atoms with van der Waals surface area (Å²) in [6, 6.07) is 7.80. The van der Waals surface area contributed by atoms with Crippen LogP contribution < -0.4 is 5.56 Å². The molecule has 0 spiro atoms. The summed E-state index contributed by atoms with van der Waals surface area (Å²) in [5.41, 5.74) is 3.61. The largest absolute Gasteiger partial charge is 0.322 e. The lowest BCUT2D eigenvalue weighted by Crippen LogP contribution is -2.31. The zero-order valence-electron chi connectivity index (χ0n) is 13.5. The van der Waals surface area contributed by atoms with Gasteiger partial charge in [-0.1, -0.05) is 12.1 Å². The molecule has 0 bridgehead atoms. The number of rotatable bonds is 2. The molecule has 1 aliphatic rings. The van der Waals surface area contributed by atoms with E-state index in [9.17, 15) is 4.79 Å². The van der Waals surface area contributed by atoms with Crippen LogP contribution in [0, 0.1) is 6.92 Å². The molecule has 1 saturated heterocycles. The minimum absolute atomic E-state index is 0.0210. The quantitative estimate of drug-likeness (QED) is 0.762. The molecule has 0 radical (unpaired) electrons. The highest BCUT2D eigenvalue weighted by Gasteiger charge is 2.24. The monoisotopic (exact) mass is 311 g/mol. The van der Waals surface area contributed by atoms with E-state index in [1.807, 2.05) is 31.2 Å². The summed E-state index contributed by atoms with van der Waals surface area (Å²) in [6.45, 7) is 4.02. The van der Waals surface area contributed by atoms with Crippen molar-refractivity contribution in [2.45, 2.75) is 25.7 Å². The fourth-order valence-electron chi connectivity index (χ4n) is 3.53. The van der Waals surface area contributed by atoms with Gasteiger partial charge in [0, 0.05) is 23.7 Å². The van der Waals surface area contributed by atoms with Crippen molar-refractivity contribution in [3.8, 4) is 5.95 Å². The number of imidazole rings is 1. The lowest BCUT2D eigenvalue weighted by Gasteiger charge is -2.29. The maximum absolute atomic E-state index is 12.6. The van der Waals surface area contributed by atoms with Gasteiger partial charge in [-0.3, -0.25) is 9.89 Å². The van der Waals surface area contributed by atoms with Crippen molar-refractivity contribution >= 4 is 11.0 Å². The van der Waals surface area contributed by atoms with Crippen LogP contribution in [0.15, 0.2) is 29.1 Å². The van der Waals surface area contributed by atoms with Gasteiger partial charge in [-0.15, -0.1) is 0 Å². The first kappa shape index (κ1) is 14.3. The Morgan fingerprint density at radius 1 is 1.30 bits per heavy atom. The van der Waals surface area contributed by atoms with E-state index in [4.69, 9.17) is 0 Å². The van der Waals surface area contributed by atoms with Gasteiger partial charge >= 0.3 is 0 Å². The van der Waals surface area contributed by atoms with Crippen molar-refractivity contribution in [1.29, 1.82) is 0 Å². The van der Waals surface area contributed by atoms with Crippen LogP contribution in [0.1, 0.15) is 30.0 Å². The number of likely N-dealkylation sites (N-methyl/N-ethyl adjacent to an activating group) is 1. The number of para-hydroxylation sites is 2. The van der Waals surface area contributed by atoms with Gasteiger partial charge in [-0.2, -0.15) is 4.68 Å². The van der Waals surface area contributed by atoms with E-state index in [1.165, 1.54) is 6.42 Å². The molecule has 3 heterocycles.